The van der Waals surface area contributed by atoms with E-state index in [9.17, 15) is 0 Å². The fourth-order valence-electron chi connectivity index (χ4n) is 2.01. The van der Waals surface area contributed by atoms with Crippen LogP contribution in [-0.4, -0.2) is 30.7 Å². The second kappa shape index (κ2) is 6.63. The Bertz CT molecular complexity index is 192. The van der Waals surface area contributed by atoms with Crippen molar-refractivity contribution in [1.82, 2.24) is 10.4 Å². The van der Waals surface area contributed by atoms with Gasteiger partial charge in [0.2, 0.25) is 0 Å². The molecule has 0 aromatic heterocycles. The summed E-state index contributed by atoms with van der Waals surface area (Å²) in [5.74, 6) is 0.136. The molecule has 0 bridgehead atoms. The molecule has 15 heavy (non-hydrogen) atoms. The highest BCUT2D eigenvalue weighted by Crippen LogP contribution is 2.19. The number of nitrogens with one attached hydrogen (secondary N) is 1. The number of hydrogen-bond acceptors (Lipinski definition) is 3. The predicted molar refractivity (Wildman–Crippen MR) is 63.1 cm³/mol. The maximum Gasteiger partial charge on any atom is 0.187 e. The van der Waals surface area contributed by atoms with Crippen LogP contribution in [0.25, 0.3) is 0 Å². The van der Waals surface area contributed by atoms with Gasteiger partial charge in [-0.05, 0) is 12.8 Å². The van der Waals surface area contributed by atoms with Gasteiger partial charge in [-0.1, -0.05) is 25.7 Å². The lowest BCUT2D eigenvalue weighted by Crippen LogP contribution is -2.43. The molecule has 5 N–H and O–H groups in total. The maximum atomic E-state index is 5.25. The quantitative estimate of drug-likeness (QED) is 0.273. The molecule has 0 aliphatic heterocycles. The Morgan fingerprint density at radius 1 is 1.27 bits per heavy atom. The monoisotopic (exact) mass is 213 g/mol. The smallest absolute Gasteiger partial charge is 0.187 e. The van der Waals surface area contributed by atoms with E-state index >= 15 is 0 Å². The minimum Gasteiger partial charge on any atom is -0.370 e. The van der Waals surface area contributed by atoms with Gasteiger partial charge in [-0.15, -0.1) is 0 Å². The molecule has 1 rings (SSSR count). The average molecular weight is 213 g/mol. The second-order valence-electron chi connectivity index (χ2n) is 4.16. The first-order chi connectivity index (χ1) is 7.20. The summed E-state index contributed by atoms with van der Waals surface area (Å²) in [6, 6.07) is 0.627. The molecule has 0 radical (unpaired) electrons. The first kappa shape index (κ1) is 12.3. The van der Waals surface area contributed by atoms with Gasteiger partial charge in [-0.25, -0.2) is 15.4 Å². The Balaban J connectivity index is 2.25. The third-order valence-corrected chi connectivity index (χ3v) is 2.95. The summed E-state index contributed by atoms with van der Waals surface area (Å²) in [6.45, 7) is 0.468. The van der Waals surface area contributed by atoms with Crippen LogP contribution in [0.2, 0.25) is 0 Å². The number of nitrogens with two attached hydrogens (primary N) is 2. The van der Waals surface area contributed by atoms with Crippen LogP contribution >= 0.6 is 0 Å². The first-order valence-electron chi connectivity index (χ1n) is 5.72. The standard InChI is InChI=1S/C10H23N5/c1-15(14-8-13-10(11)12)9-6-4-2-3-5-7-9/h9,14H,2-8H2,1H3,(H4,11,12,13). The molecular formula is C10H23N5. The van der Waals surface area contributed by atoms with Crippen LogP contribution in [0.15, 0.2) is 4.99 Å². The molecule has 0 aromatic rings. The minimum absolute atomic E-state index is 0.136. The molecule has 5 heteroatoms. The van der Waals surface area contributed by atoms with Crippen LogP contribution in [0.5, 0.6) is 0 Å². The summed E-state index contributed by atoms with van der Waals surface area (Å²) in [4.78, 5) is 3.90. The van der Waals surface area contributed by atoms with Crippen molar-refractivity contribution in [2.24, 2.45) is 16.5 Å². The van der Waals surface area contributed by atoms with Crippen molar-refractivity contribution in [3.63, 3.8) is 0 Å². The Kier molecular flexibility index (Phi) is 5.42. The molecule has 1 saturated carbocycles. The van der Waals surface area contributed by atoms with Gasteiger partial charge in [-0.3, -0.25) is 0 Å². The molecular weight excluding hydrogens is 190 g/mol. The lowest BCUT2D eigenvalue weighted by molar-refractivity contribution is 0.151. The predicted octanol–water partition coefficient (Wildman–Crippen LogP) is 0.377. The zero-order valence-electron chi connectivity index (χ0n) is 9.58. The van der Waals surface area contributed by atoms with E-state index in [0.717, 1.165) is 0 Å². The lowest BCUT2D eigenvalue weighted by atomic mass is 10.1. The Labute approximate surface area is 91.9 Å². The molecule has 0 atom stereocenters. The Morgan fingerprint density at radius 3 is 2.40 bits per heavy atom. The fourth-order valence-corrected chi connectivity index (χ4v) is 2.01. The highest BCUT2D eigenvalue weighted by Gasteiger charge is 2.15. The molecule has 0 unspecified atom stereocenters. The molecule has 1 fully saturated rings. The summed E-state index contributed by atoms with van der Waals surface area (Å²) in [7, 11) is 2.07. The molecule has 88 valence electrons. The molecule has 0 aromatic carbocycles. The maximum absolute atomic E-state index is 5.25. The largest absolute Gasteiger partial charge is 0.370 e. The number of hydrazine groups is 1. The van der Waals surface area contributed by atoms with Gasteiger partial charge < -0.3 is 11.5 Å². The van der Waals surface area contributed by atoms with Crippen molar-refractivity contribution in [2.45, 2.75) is 44.6 Å². The van der Waals surface area contributed by atoms with Crippen LogP contribution in [0, 0.1) is 0 Å². The lowest BCUT2D eigenvalue weighted by Gasteiger charge is -2.26. The molecule has 0 heterocycles. The van der Waals surface area contributed by atoms with Gasteiger partial charge in [0.15, 0.2) is 5.96 Å². The van der Waals surface area contributed by atoms with Crippen molar-refractivity contribution in [1.29, 1.82) is 0 Å². The van der Waals surface area contributed by atoms with E-state index < -0.39 is 0 Å². The average Bonchev–Trinajstić information content (AvgIpc) is 2.44. The third-order valence-electron chi connectivity index (χ3n) is 2.95. The highest BCUT2D eigenvalue weighted by atomic mass is 15.5. The van der Waals surface area contributed by atoms with Crippen molar-refractivity contribution >= 4 is 5.96 Å². The zero-order valence-corrected chi connectivity index (χ0v) is 9.58. The van der Waals surface area contributed by atoms with Crippen LogP contribution in [0.3, 0.4) is 0 Å². The minimum atomic E-state index is 0.136. The van der Waals surface area contributed by atoms with Gasteiger partial charge in [0.25, 0.3) is 0 Å². The molecule has 5 nitrogen and oxygen atoms in total. The van der Waals surface area contributed by atoms with E-state index in [-0.39, 0.29) is 5.96 Å². The van der Waals surface area contributed by atoms with E-state index in [4.69, 9.17) is 11.5 Å². The summed E-state index contributed by atoms with van der Waals surface area (Å²) in [5.41, 5.74) is 13.7. The summed E-state index contributed by atoms with van der Waals surface area (Å²) in [6.07, 6.45) is 7.95. The topological polar surface area (TPSA) is 79.7 Å². The molecule has 0 saturated heterocycles. The van der Waals surface area contributed by atoms with Crippen LogP contribution in [0.1, 0.15) is 38.5 Å². The number of rotatable bonds is 4. The van der Waals surface area contributed by atoms with Gasteiger partial charge in [-0.2, -0.15) is 0 Å². The SMILES string of the molecule is CN(NCN=C(N)N)C1CCCCCC1. The molecule has 1 aliphatic rings. The highest BCUT2D eigenvalue weighted by molar-refractivity contribution is 5.75. The van der Waals surface area contributed by atoms with Crippen molar-refractivity contribution in [3.8, 4) is 0 Å². The first-order valence-corrected chi connectivity index (χ1v) is 5.72. The van der Waals surface area contributed by atoms with E-state index in [1.165, 1.54) is 38.5 Å². The Morgan fingerprint density at radius 2 is 1.87 bits per heavy atom. The molecule has 0 spiro atoms. The summed E-state index contributed by atoms with van der Waals surface area (Å²) in [5, 5.41) is 2.15. The van der Waals surface area contributed by atoms with Crippen molar-refractivity contribution in [3.05, 3.63) is 0 Å². The van der Waals surface area contributed by atoms with Gasteiger partial charge >= 0.3 is 0 Å². The zero-order chi connectivity index (χ0) is 11.1. The third kappa shape index (κ3) is 4.99. The van der Waals surface area contributed by atoms with Crippen LogP contribution < -0.4 is 16.9 Å². The van der Waals surface area contributed by atoms with Gasteiger partial charge in [0.05, 0.1) is 0 Å². The molecule has 0 amide bonds. The van der Waals surface area contributed by atoms with E-state index in [1.54, 1.807) is 0 Å². The summed E-state index contributed by atoms with van der Waals surface area (Å²) < 4.78 is 0. The van der Waals surface area contributed by atoms with Gasteiger partial charge in [0.1, 0.15) is 6.67 Å². The Hall–Kier alpha value is -0.810. The molecule has 1 aliphatic carbocycles. The van der Waals surface area contributed by atoms with E-state index in [1.807, 2.05) is 0 Å². The van der Waals surface area contributed by atoms with Crippen molar-refractivity contribution in [2.75, 3.05) is 13.7 Å². The van der Waals surface area contributed by atoms with E-state index in [0.29, 0.717) is 12.7 Å². The van der Waals surface area contributed by atoms with Crippen LogP contribution in [0.4, 0.5) is 0 Å². The normalized spacial score (nSPS) is 18.8. The fraction of sp³-hybridized carbons (Fsp3) is 0.900. The van der Waals surface area contributed by atoms with Crippen LogP contribution in [-0.2, 0) is 0 Å². The van der Waals surface area contributed by atoms with E-state index in [2.05, 4.69) is 22.5 Å². The number of hydrogen-bond donors (Lipinski definition) is 3. The number of aliphatic imine (C=N–C) groups is 1. The second-order valence-corrected chi connectivity index (χ2v) is 4.16. The summed E-state index contributed by atoms with van der Waals surface area (Å²) >= 11 is 0. The van der Waals surface area contributed by atoms with Gasteiger partial charge in [0, 0.05) is 13.1 Å². The van der Waals surface area contributed by atoms with Crippen molar-refractivity contribution < 1.29 is 0 Å². The number of guanidine groups is 1. The number of nitrogens with zero attached hydrogens (tertiary/aromatic N) is 2.